The van der Waals surface area contributed by atoms with E-state index in [0.29, 0.717) is 13.0 Å². The Morgan fingerprint density at radius 3 is 2.91 bits per heavy atom. The minimum atomic E-state index is -0.282. The van der Waals surface area contributed by atoms with Crippen molar-refractivity contribution in [3.05, 3.63) is 0 Å². The molecule has 0 unspecified atom stereocenters. The summed E-state index contributed by atoms with van der Waals surface area (Å²) in [6, 6.07) is -0.265. The normalized spacial score (nSPS) is 11.7. The zero-order valence-electron chi connectivity index (χ0n) is 6.67. The number of rotatable bonds is 4. The number of carbonyl (C=O) groups excluding carboxylic acids is 1. The highest BCUT2D eigenvalue weighted by molar-refractivity contribution is 5.70. The monoisotopic (exact) mass is 155 g/mol. The first-order valence-electron chi connectivity index (χ1n) is 3.55. The molecule has 0 aliphatic carbocycles. The van der Waals surface area contributed by atoms with Gasteiger partial charge in [0.05, 0.1) is 13.0 Å². The van der Waals surface area contributed by atoms with Crippen molar-refractivity contribution in [3.63, 3.8) is 0 Å². The van der Waals surface area contributed by atoms with Crippen LogP contribution in [0, 0.1) is 12.3 Å². The van der Waals surface area contributed by atoms with Gasteiger partial charge < -0.3 is 10.5 Å². The van der Waals surface area contributed by atoms with E-state index in [1.165, 1.54) is 0 Å². The second-order valence-corrected chi connectivity index (χ2v) is 2.18. The molecular weight excluding hydrogens is 142 g/mol. The average Bonchev–Trinajstić information content (AvgIpc) is 1.87. The summed E-state index contributed by atoms with van der Waals surface area (Å²) in [6.45, 7) is 2.15. The maximum Gasteiger partial charge on any atom is 0.307 e. The highest BCUT2D eigenvalue weighted by Gasteiger charge is 2.07. The average molecular weight is 155 g/mol. The first kappa shape index (κ1) is 9.99. The second-order valence-electron chi connectivity index (χ2n) is 2.18. The van der Waals surface area contributed by atoms with Crippen molar-refractivity contribution in [2.24, 2.45) is 5.73 Å². The summed E-state index contributed by atoms with van der Waals surface area (Å²) in [5.41, 5.74) is 5.47. The summed E-state index contributed by atoms with van der Waals surface area (Å²) in [7, 11) is 0. The number of hydrogen-bond donors (Lipinski definition) is 1. The molecule has 0 aliphatic rings. The smallest absolute Gasteiger partial charge is 0.307 e. The SMILES string of the molecule is C#CC[C@@H](N)CC(=O)OCC. The predicted molar refractivity (Wildman–Crippen MR) is 42.7 cm³/mol. The summed E-state index contributed by atoms with van der Waals surface area (Å²) >= 11 is 0. The molecule has 0 heterocycles. The summed E-state index contributed by atoms with van der Waals surface area (Å²) < 4.78 is 4.67. The number of terminal acetylenes is 1. The van der Waals surface area contributed by atoms with Crippen LogP contribution in [0.25, 0.3) is 0 Å². The second kappa shape index (κ2) is 5.75. The van der Waals surface area contributed by atoms with Gasteiger partial charge in [0, 0.05) is 12.5 Å². The van der Waals surface area contributed by atoms with Crippen molar-refractivity contribution in [1.82, 2.24) is 0 Å². The third-order valence-electron chi connectivity index (χ3n) is 1.11. The van der Waals surface area contributed by atoms with Gasteiger partial charge in [-0.2, -0.15) is 0 Å². The van der Waals surface area contributed by atoms with Crippen molar-refractivity contribution < 1.29 is 9.53 Å². The summed E-state index contributed by atoms with van der Waals surface area (Å²) in [4.78, 5) is 10.8. The molecule has 1 atom stereocenters. The van der Waals surface area contributed by atoms with Crippen molar-refractivity contribution in [2.45, 2.75) is 25.8 Å². The predicted octanol–water partition coefficient (Wildman–Crippen LogP) is 0.290. The van der Waals surface area contributed by atoms with Gasteiger partial charge in [0.2, 0.25) is 0 Å². The molecule has 11 heavy (non-hydrogen) atoms. The van der Waals surface area contributed by atoms with Gasteiger partial charge in [-0.25, -0.2) is 0 Å². The van der Waals surface area contributed by atoms with Crippen LogP contribution in [0.3, 0.4) is 0 Å². The molecular formula is C8H13NO2. The Morgan fingerprint density at radius 1 is 1.82 bits per heavy atom. The molecule has 0 aromatic carbocycles. The topological polar surface area (TPSA) is 52.3 Å². The summed E-state index contributed by atoms with van der Waals surface area (Å²) in [5.74, 6) is 2.10. The van der Waals surface area contributed by atoms with E-state index in [-0.39, 0.29) is 18.4 Å². The van der Waals surface area contributed by atoms with Crippen LogP contribution < -0.4 is 5.73 Å². The van der Waals surface area contributed by atoms with Crippen LogP contribution in [0.4, 0.5) is 0 Å². The molecule has 0 spiro atoms. The number of hydrogen-bond acceptors (Lipinski definition) is 3. The largest absolute Gasteiger partial charge is 0.466 e. The fraction of sp³-hybridized carbons (Fsp3) is 0.625. The van der Waals surface area contributed by atoms with Crippen molar-refractivity contribution in [1.29, 1.82) is 0 Å². The standard InChI is InChI=1S/C8H13NO2/c1-3-5-7(9)6-8(10)11-4-2/h1,7H,4-6,9H2,2H3/t7-/m1/s1. The van der Waals surface area contributed by atoms with E-state index in [0.717, 1.165) is 0 Å². The molecule has 0 aromatic heterocycles. The van der Waals surface area contributed by atoms with E-state index in [4.69, 9.17) is 12.2 Å². The van der Waals surface area contributed by atoms with E-state index in [1.54, 1.807) is 6.92 Å². The lowest BCUT2D eigenvalue weighted by molar-refractivity contribution is -0.143. The Morgan fingerprint density at radius 2 is 2.45 bits per heavy atom. The van der Waals surface area contributed by atoms with E-state index in [9.17, 15) is 4.79 Å². The van der Waals surface area contributed by atoms with Crippen molar-refractivity contribution in [2.75, 3.05) is 6.61 Å². The van der Waals surface area contributed by atoms with Crippen molar-refractivity contribution in [3.8, 4) is 12.3 Å². The molecule has 0 aliphatic heterocycles. The van der Waals surface area contributed by atoms with Crippen LogP contribution in [0.2, 0.25) is 0 Å². The van der Waals surface area contributed by atoms with E-state index >= 15 is 0 Å². The molecule has 0 bridgehead atoms. The minimum absolute atomic E-state index is 0.206. The molecule has 0 amide bonds. The first-order valence-corrected chi connectivity index (χ1v) is 3.55. The fourth-order valence-corrected chi connectivity index (χ4v) is 0.658. The Balaban J connectivity index is 3.50. The fourth-order valence-electron chi connectivity index (χ4n) is 0.658. The number of carbonyl (C=O) groups is 1. The third-order valence-corrected chi connectivity index (χ3v) is 1.11. The van der Waals surface area contributed by atoms with Gasteiger partial charge in [0.1, 0.15) is 0 Å². The Bertz CT molecular complexity index is 160. The van der Waals surface area contributed by atoms with Gasteiger partial charge in [-0.3, -0.25) is 4.79 Å². The summed E-state index contributed by atoms with van der Waals surface area (Å²) in [6.07, 6.45) is 5.62. The number of ether oxygens (including phenoxy) is 1. The van der Waals surface area contributed by atoms with Gasteiger partial charge in [0.25, 0.3) is 0 Å². The molecule has 0 rings (SSSR count). The molecule has 0 saturated carbocycles. The number of nitrogens with two attached hydrogens (primary N) is 1. The molecule has 3 heteroatoms. The molecule has 3 nitrogen and oxygen atoms in total. The van der Waals surface area contributed by atoms with Crippen LogP contribution in [-0.2, 0) is 9.53 Å². The third kappa shape index (κ3) is 5.43. The van der Waals surface area contributed by atoms with E-state index in [2.05, 4.69) is 10.7 Å². The highest BCUT2D eigenvalue weighted by Crippen LogP contribution is 1.95. The first-order chi connectivity index (χ1) is 5.20. The highest BCUT2D eigenvalue weighted by atomic mass is 16.5. The van der Waals surface area contributed by atoms with Crippen molar-refractivity contribution >= 4 is 5.97 Å². The molecule has 0 radical (unpaired) electrons. The maximum absolute atomic E-state index is 10.8. The lowest BCUT2D eigenvalue weighted by atomic mass is 10.2. The van der Waals surface area contributed by atoms with Gasteiger partial charge in [-0.1, -0.05) is 0 Å². The lowest BCUT2D eigenvalue weighted by Crippen LogP contribution is -2.24. The van der Waals surface area contributed by atoms with Crippen LogP contribution in [-0.4, -0.2) is 18.6 Å². The molecule has 0 saturated heterocycles. The Hall–Kier alpha value is -1.01. The lowest BCUT2D eigenvalue weighted by Gasteiger charge is -2.05. The summed E-state index contributed by atoms with van der Waals surface area (Å²) in [5, 5.41) is 0. The van der Waals surface area contributed by atoms with Crippen LogP contribution in [0.5, 0.6) is 0 Å². The van der Waals surface area contributed by atoms with Gasteiger partial charge in [-0.15, -0.1) is 12.3 Å². The van der Waals surface area contributed by atoms with Crippen LogP contribution in [0.15, 0.2) is 0 Å². The zero-order valence-corrected chi connectivity index (χ0v) is 6.67. The van der Waals surface area contributed by atoms with E-state index < -0.39 is 0 Å². The molecule has 2 N–H and O–H groups in total. The zero-order chi connectivity index (χ0) is 8.69. The van der Waals surface area contributed by atoms with Crippen LogP contribution >= 0.6 is 0 Å². The van der Waals surface area contributed by atoms with Crippen LogP contribution in [0.1, 0.15) is 19.8 Å². The number of esters is 1. The van der Waals surface area contributed by atoms with E-state index in [1.807, 2.05) is 0 Å². The van der Waals surface area contributed by atoms with Gasteiger partial charge in [-0.05, 0) is 6.92 Å². The molecule has 0 fully saturated rings. The Kier molecular flexibility index (Phi) is 5.22. The molecule has 62 valence electrons. The van der Waals surface area contributed by atoms with Gasteiger partial charge in [0.15, 0.2) is 0 Å². The molecule has 0 aromatic rings. The van der Waals surface area contributed by atoms with Gasteiger partial charge >= 0.3 is 5.97 Å². The quantitative estimate of drug-likeness (QED) is 0.469. The minimum Gasteiger partial charge on any atom is -0.466 e. The maximum atomic E-state index is 10.8. The Labute approximate surface area is 66.9 Å².